The Kier molecular flexibility index (Phi) is 8.27. The van der Waals surface area contributed by atoms with Crippen LogP contribution in [-0.4, -0.2) is 38.3 Å². The minimum Gasteiger partial charge on any atom is -0.437 e. The highest BCUT2D eigenvalue weighted by Crippen LogP contribution is 2.25. The highest BCUT2D eigenvalue weighted by Gasteiger charge is 2.38. The quantitative estimate of drug-likeness (QED) is 0.607. The molecule has 0 amide bonds. The maximum absolute atomic E-state index is 6.45. The van der Waals surface area contributed by atoms with E-state index in [1.54, 1.807) is 0 Å². The van der Waals surface area contributed by atoms with E-state index in [0.717, 1.165) is 38.0 Å². The van der Waals surface area contributed by atoms with E-state index in [1.807, 2.05) is 0 Å². The molecule has 0 spiro atoms. The zero-order valence-electron chi connectivity index (χ0n) is 13.7. The molecule has 19 heavy (non-hydrogen) atoms. The summed E-state index contributed by atoms with van der Waals surface area (Å²) >= 11 is 0. The molecule has 0 saturated heterocycles. The molecule has 4 nitrogen and oxygen atoms in total. The third-order valence-corrected chi connectivity index (χ3v) is 14.5. The highest BCUT2D eigenvalue weighted by molar-refractivity contribution is 6.87. The third-order valence-electron chi connectivity index (χ3n) is 3.01. The van der Waals surface area contributed by atoms with E-state index in [-0.39, 0.29) is 0 Å². The average Bonchev–Trinajstić information content (AvgIpc) is 2.20. The van der Waals surface area contributed by atoms with Crippen molar-refractivity contribution in [3.8, 4) is 0 Å². The molecule has 7 heteroatoms. The van der Waals surface area contributed by atoms with Gasteiger partial charge in [0.05, 0.1) is 0 Å². The van der Waals surface area contributed by atoms with Gasteiger partial charge in [0.15, 0.2) is 16.6 Å². The lowest BCUT2D eigenvalue weighted by Gasteiger charge is -2.38. The summed E-state index contributed by atoms with van der Waals surface area (Å²) in [5.41, 5.74) is 11.2. The zero-order chi connectivity index (χ0) is 15.2. The van der Waals surface area contributed by atoms with Crippen molar-refractivity contribution in [1.29, 1.82) is 0 Å². The summed E-state index contributed by atoms with van der Waals surface area (Å²) in [6.07, 6.45) is 2.11. The third kappa shape index (κ3) is 9.94. The highest BCUT2D eigenvalue weighted by atomic mass is 28.5. The van der Waals surface area contributed by atoms with Crippen LogP contribution < -0.4 is 11.5 Å². The lowest BCUT2D eigenvalue weighted by atomic mass is 10.5. The van der Waals surface area contributed by atoms with Crippen molar-refractivity contribution >= 4 is 25.2 Å². The molecule has 0 heterocycles. The molecular formula is C12H34N2O2Si3. The van der Waals surface area contributed by atoms with Crippen molar-refractivity contribution in [2.45, 2.75) is 64.2 Å². The van der Waals surface area contributed by atoms with E-state index in [4.69, 9.17) is 19.7 Å². The molecule has 0 fully saturated rings. The fourth-order valence-electron chi connectivity index (χ4n) is 2.51. The first-order valence-corrected chi connectivity index (χ1v) is 16.4. The van der Waals surface area contributed by atoms with Gasteiger partial charge in [0.25, 0.3) is 0 Å². The number of hydrogen-bond donors (Lipinski definition) is 2. The van der Waals surface area contributed by atoms with Gasteiger partial charge in [-0.2, -0.15) is 0 Å². The first kappa shape index (κ1) is 19.5. The molecule has 0 aliphatic rings. The fourth-order valence-corrected chi connectivity index (χ4v) is 16.6. The van der Waals surface area contributed by atoms with E-state index in [2.05, 4.69) is 39.3 Å². The molecule has 0 aromatic heterocycles. The van der Waals surface area contributed by atoms with Gasteiger partial charge in [-0.05, 0) is 77.3 Å². The first-order chi connectivity index (χ1) is 8.54. The fraction of sp³-hybridized carbons (Fsp3) is 1.00. The molecule has 0 aromatic rings. The predicted octanol–water partition coefficient (Wildman–Crippen LogP) is 2.83. The summed E-state index contributed by atoms with van der Waals surface area (Å²) in [6.45, 7) is 15.0. The smallest absolute Gasteiger partial charge is 0.311 e. The van der Waals surface area contributed by atoms with Crippen LogP contribution in [0.1, 0.15) is 12.8 Å². The van der Waals surface area contributed by atoms with Crippen LogP contribution in [0.15, 0.2) is 0 Å². The maximum Gasteiger partial charge on any atom is 0.311 e. The van der Waals surface area contributed by atoms with Gasteiger partial charge in [-0.1, -0.05) is 0 Å². The molecule has 0 aliphatic heterocycles. The predicted molar refractivity (Wildman–Crippen MR) is 91.6 cm³/mol. The zero-order valence-corrected chi connectivity index (χ0v) is 16.7. The van der Waals surface area contributed by atoms with Crippen LogP contribution in [0.3, 0.4) is 0 Å². The van der Waals surface area contributed by atoms with Gasteiger partial charge >= 0.3 is 8.56 Å². The standard InChI is InChI=1S/C12H34N2O2Si3/c1-17(2,11-7-9-13)15-19(5,6)16-18(3,4)12-8-10-14/h7-14H2,1-6H3. The van der Waals surface area contributed by atoms with Crippen molar-refractivity contribution in [3.05, 3.63) is 0 Å². The second-order valence-electron chi connectivity index (χ2n) is 6.91. The van der Waals surface area contributed by atoms with E-state index in [0.29, 0.717) is 0 Å². The van der Waals surface area contributed by atoms with Crippen LogP contribution in [0.25, 0.3) is 0 Å². The normalized spacial score (nSPS) is 13.9. The Balaban J connectivity index is 4.44. The van der Waals surface area contributed by atoms with Gasteiger partial charge in [-0.15, -0.1) is 0 Å². The monoisotopic (exact) mass is 322 g/mol. The van der Waals surface area contributed by atoms with Gasteiger partial charge in [-0.3, -0.25) is 0 Å². The summed E-state index contributed by atoms with van der Waals surface area (Å²) in [5.74, 6) is 0. The second kappa shape index (κ2) is 8.06. The SMILES string of the molecule is C[Si](C)(CCCN)O[Si](C)(C)O[Si](C)(C)CCCN. The molecule has 4 N–H and O–H groups in total. The summed E-state index contributed by atoms with van der Waals surface area (Å²) in [5, 5.41) is 0. The Labute approximate surface area is 122 Å². The Morgan fingerprint density at radius 2 is 1.00 bits per heavy atom. The number of hydrogen-bond acceptors (Lipinski definition) is 4. The van der Waals surface area contributed by atoms with Crippen LogP contribution in [0.4, 0.5) is 0 Å². The van der Waals surface area contributed by atoms with Crippen molar-refractivity contribution in [1.82, 2.24) is 0 Å². The van der Waals surface area contributed by atoms with Crippen molar-refractivity contribution in [2.75, 3.05) is 13.1 Å². The van der Waals surface area contributed by atoms with E-state index >= 15 is 0 Å². The molecule has 0 aromatic carbocycles. The Bertz CT molecular complexity index is 237. The van der Waals surface area contributed by atoms with Crippen molar-refractivity contribution in [3.63, 3.8) is 0 Å². The summed E-state index contributed by atoms with van der Waals surface area (Å²) in [7, 11) is -5.31. The average molecular weight is 323 g/mol. The summed E-state index contributed by atoms with van der Waals surface area (Å²) < 4.78 is 12.9. The lowest BCUT2D eigenvalue weighted by Crippen LogP contribution is -2.52. The topological polar surface area (TPSA) is 70.5 Å². The van der Waals surface area contributed by atoms with Crippen LogP contribution in [0.5, 0.6) is 0 Å². The molecule has 0 atom stereocenters. The largest absolute Gasteiger partial charge is 0.437 e. The van der Waals surface area contributed by atoms with Crippen molar-refractivity contribution in [2.24, 2.45) is 11.5 Å². The minimum absolute atomic E-state index is 0.749. The van der Waals surface area contributed by atoms with Crippen LogP contribution >= 0.6 is 0 Å². The first-order valence-electron chi connectivity index (χ1n) is 7.34. The Morgan fingerprint density at radius 1 is 0.684 bits per heavy atom. The second-order valence-corrected chi connectivity index (χ2v) is 19.4. The summed E-state index contributed by atoms with van der Waals surface area (Å²) in [6, 6.07) is 2.24. The van der Waals surface area contributed by atoms with E-state index in [1.165, 1.54) is 0 Å². The molecule has 0 rings (SSSR count). The molecular weight excluding hydrogens is 288 g/mol. The number of rotatable bonds is 10. The molecule has 0 bridgehead atoms. The van der Waals surface area contributed by atoms with Gasteiger partial charge in [0.2, 0.25) is 0 Å². The number of nitrogens with two attached hydrogens (primary N) is 2. The molecule has 116 valence electrons. The van der Waals surface area contributed by atoms with Gasteiger partial charge in [-0.25, -0.2) is 0 Å². The molecule has 0 radical (unpaired) electrons. The Morgan fingerprint density at radius 3 is 1.26 bits per heavy atom. The summed E-state index contributed by atoms with van der Waals surface area (Å²) in [4.78, 5) is 0. The Hall–Kier alpha value is 0.491. The molecule has 0 unspecified atom stereocenters. The van der Waals surface area contributed by atoms with Crippen LogP contribution in [-0.2, 0) is 8.23 Å². The van der Waals surface area contributed by atoms with E-state index in [9.17, 15) is 0 Å². The minimum atomic E-state index is -2.03. The maximum atomic E-state index is 6.45. The van der Waals surface area contributed by atoms with Crippen LogP contribution in [0, 0.1) is 0 Å². The van der Waals surface area contributed by atoms with E-state index < -0.39 is 25.2 Å². The van der Waals surface area contributed by atoms with Crippen LogP contribution in [0.2, 0.25) is 51.4 Å². The van der Waals surface area contributed by atoms with Crippen molar-refractivity contribution < 1.29 is 8.23 Å². The van der Waals surface area contributed by atoms with Gasteiger partial charge in [0, 0.05) is 0 Å². The molecule has 0 aliphatic carbocycles. The molecule has 0 saturated carbocycles. The van der Waals surface area contributed by atoms with Gasteiger partial charge < -0.3 is 19.7 Å². The lowest BCUT2D eigenvalue weighted by molar-refractivity contribution is 0.387. The van der Waals surface area contributed by atoms with Gasteiger partial charge in [0.1, 0.15) is 0 Å².